The second kappa shape index (κ2) is 7.76. The van der Waals surface area contributed by atoms with Crippen LogP contribution < -0.4 is 10.6 Å². The maximum Gasteiger partial charge on any atom is 0.128 e. The van der Waals surface area contributed by atoms with Crippen LogP contribution in [0.4, 0.5) is 10.1 Å². The van der Waals surface area contributed by atoms with Crippen LogP contribution >= 0.6 is 0 Å². The zero-order valence-electron chi connectivity index (χ0n) is 13.1. The molecule has 118 valence electrons. The molecule has 2 N–H and O–H groups in total. The maximum absolute atomic E-state index is 14.2. The highest BCUT2D eigenvalue weighted by atomic mass is 19.1. The van der Waals surface area contributed by atoms with Gasteiger partial charge in [-0.3, -0.25) is 0 Å². The molecule has 0 spiro atoms. The third kappa shape index (κ3) is 4.17. The van der Waals surface area contributed by atoms with E-state index in [1.807, 2.05) is 13.0 Å². The van der Waals surface area contributed by atoms with Crippen molar-refractivity contribution in [3.05, 3.63) is 29.6 Å². The molecule has 4 heteroatoms. The maximum atomic E-state index is 14.2. The van der Waals surface area contributed by atoms with Crippen molar-refractivity contribution in [2.45, 2.75) is 51.7 Å². The first-order chi connectivity index (χ1) is 10.2. The SMILES string of the molecule is CCC(N)Cc1c(F)cccc1N(CC)CC1CCCO1. The quantitative estimate of drug-likeness (QED) is 0.840. The molecular weight excluding hydrogens is 267 g/mol. The lowest BCUT2D eigenvalue weighted by Crippen LogP contribution is -2.33. The van der Waals surface area contributed by atoms with E-state index in [4.69, 9.17) is 10.5 Å². The number of benzene rings is 1. The van der Waals surface area contributed by atoms with E-state index in [0.29, 0.717) is 6.42 Å². The van der Waals surface area contributed by atoms with Gasteiger partial charge < -0.3 is 15.4 Å². The molecule has 0 aliphatic carbocycles. The zero-order valence-corrected chi connectivity index (χ0v) is 13.1. The monoisotopic (exact) mass is 294 g/mol. The molecule has 1 aliphatic heterocycles. The van der Waals surface area contributed by atoms with E-state index in [0.717, 1.165) is 50.2 Å². The fraction of sp³-hybridized carbons (Fsp3) is 0.647. The lowest BCUT2D eigenvalue weighted by Gasteiger charge is -2.29. The summed E-state index contributed by atoms with van der Waals surface area (Å²) >= 11 is 0. The summed E-state index contributed by atoms with van der Waals surface area (Å²) < 4.78 is 20.0. The van der Waals surface area contributed by atoms with Gasteiger partial charge >= 0.3 is 0 Å². The Balaban J connectivity index is 2.20. The van der Waals surface area contributed by atoms with Crippen molar-refractivity contribution in [3.8, 4) is 0 Å². The normalized spacial score (nSPS) is 19.7. The molecule has 1 aromatic rings. The van der Waals surface area contributed by atoms with Crippen molar-refractivity contribution in [2.24, 2.45) is 5.73 Å². The number of hydrogen-bond donors (Lipinski definition) is 1. The van der Waals surface area contributed by atoms with Gasteiger partial charge in [-0.25, -0.2) is 4.39 Å². The van der Waals surface area contributed by atoms with Crippen LogP contribution in [0.2, 0.25) is 0 Å². The van der Waals surface area contributed by atoms with Gasteiger partial charge in [0.05, 0.1) is 6.10 Å². The third-order valence-corrected chi connectivity index (χ3v) is 4.26. The van der Waals surface area contributed by atoms with Crippen molar-refractivity contribution >= 4 is 5.69 Å². The minimum atomic E-state index is -0.151. The van der Waals surface area contributed by atoms with Crippen LogP contribution in [0, 0.1) is 5.82 Å². The Morgan fingerprint density at radius 1 is 1.43 bits per heavy atom. The molecule has 1 fully saturated rings. The highest BCUT2D eigenvalue weighted by molar-refractivity contribution is 5.54. The van der Waals surface area contributed by atoms with E-state index in [1.54, 1.807) is 6.07 Å². The smallest absolute Gasteiger partial charge is 0.128 e. The summed E-state index contributed by atoms with van der Waals surface area (Å²) in [6, 6.07) is 5.31. The Hall–Kier alpha value is -1.13. The van der Waals surface area contributed by atoms with Gasteiger partial charge in [-0.05, 0) is 44.7 Å². The number of nitrogens with zero attached hydrogens (tertiary/aromatic N) is 1. The van der Waals surface area contributed by atoms with E-state index in [9.17, 15) is 4.39 Å². The first kappa shape index (κ1) is 16.2. The average Bonchev–Trinajstić information content (AvgIpc) is 3.00. The summed E-state index contributed by atoms with van der Waals surface area (Å²) in [6.07, 6.45) is 3.92. The van der Waals surface area contributed by atoms with Gasteiger partial charge in [-0.15, -0.1) is 0 Å². The molecule has 2 atom stereocenters. The Bertz CT molecular complexity index is 446. The predicted octanol–water partition coefficient (Wildman–Crippen LogP) is 3.11. The molecule has 1 saturated heterocycles. The van der Waals surface area contributed by atoms with Crippen molar-refractivity contribution in [1.29, 1.82) is 0 Å². The number of anilines is 1. The van der Waals surface area contributed by atoms with Crippen LogP contribution in [-0.4, -0.2) is 31.8 Å². The summed E-state index contributed by atoms with van der Waals surface area (Å²) in [5, 5.41) is 0. The predicted molar refractivity (Wildman–Crippen MR) is 85.2 cm³/mol. The number of halogens is 1. The van der Waals surface area contributed by atoms with Gasteiger partial charge in [-0.2, -0.15) is 0 Å². The summed E-state index contributed by atoms with van der Waals surface area (Å²) in [7, 11) is 0. The van der Waals surface area contributed by atoms with Crippen LogP contribution in [0.15, 0.2) is 18.2 Å². The molecule has 1 aliphatic rings. The highest BCUT2D eigenvalue weighted by Gasteiger charge is 2.21. The standard InChI is InChI=1S/C17H27FN2O/c1-3-13(19)11-15-16(18)8-5-9-17(15)20(4-2)12-14-7-6-10-21-14/h5,8-9,13-14H,3-4,6-7,10-12,19H2,1-2H3. The zero-order chi connectivity index (χ0) is 15.2. The van der Waals surface area contributed by atoms with E-state index in [2.05, 4.69) is 11.8 Å². The Morgan fingerprint density at radius 2 is 2.24 bits per heavy atom. The fourth-order valence-electron chi connectivity index (χ4n) is 2.88. The second-order valence-corrected chi connectivity index (χ2v) is 5.78. The largest absolute Gasteiger partial charge is 0.376 e. The fourth-order valence-corrected chi connectivity index (χ4v) is 2.88. The number of ether oxygens (including phenoxy) is 1. The molecule has 1 aromatic carbocycles. The number of nitrogens with two attached hydrogens (primary N) is 1. The molecule has 2 rings (SSSR count). The van der Waals surface area contributed by atoms with Gasteiger partial charge in [0.2, 0.25) is 0 Å². The number of rotatable bonds is 7. The first-order valence-corrected chi connectivity index (χ1v) is 8.05. The molecule has 0 saturated carbocycles. The van der Waals surface area contributed by atoms with Crippen LogP contribution in [0.5, 0.6) is 0 Å². The van der Waals surface area contributed by atoms with Gasteiger partial charge in [-0.1, -0.05) is 13.0 Å². The van der Waals surface area contributed by atoms with Crippen LogP contribution in [0.25, 0.3) is 0 Å². The van der Waals surface area contributed by atoms with E-state index in [1.165, 1.54) is 6.07 Å². The van der Waals surface area contributed by atoms with Crippen molar-refractivity contribution < 1.29 is 9.13 Å². The molecule has 1 heterocycles. The minimum Gasteiger partial charge on any atom is -0.376 e. The first-order valence-electron chi connectivity index (χ1n) is 8.05. The van der Waals surface area contributed by atoms with Crippen molar-refractivity contribution in [2.75, 3.05) is 24.6 Å². The molecule has 21 heavy (non-hydrogen) atoms. The Morgan fingerprint density at radius 3 is 2.86 bits per heavy atom. The summed E-state index contributed by atoms with van der Waals surface area (Å²) in [5.41, 5.74) is 7.75. The van der Waals surface area contributed by atoms with E-state index in [-0.39, 0.29) is 18.0 Å². The van der Waals surface area contributed by atoms with Crippen LogP contribution in [-0.2, 0) is 11.2 Å². The Kier molecular flexibility index (Phi) is 6.00. The van der Waals surface area contributed by atoms with E-state index >= 15 is 0 Å². The van der Waals surface area contributed by atoms with Gasteiger partial charge in [0.15, 0.2) is 0 Å². The lowest BCUT2D eigenvalue weighted by molar-refractivity contribution is 0.115. The molecule has 3 nitrogen and oxygen atoms in total. The van der Waals surface area contributed by atoms with Gasteiger partial charge in [0.1, 0.15) is 5.82 Å². The van der Waals surface area contributed by atoms with Gasteiger partial charge in [0.25, 0.3) is 0 Å². The molecule has 2 unspecified atom stereocenters. The number of likely N-dealkylation sites (N-methyl/N-ethyl adjacent to an activating group) is 1. The average molecular weight is 294 g/mol. The second-order valence-electron chi connectivity index (χ2n) is 5.78. The highest BCUT2D eigenvalue weighted by Crippen LogP contribution is 2.26. The van der Waals surface area contributed by atoms with Crippen molar-refractivity contribution in [3.63, 3.8) is 0 Å². The van der Waals surface area contributed by atoms with Crippen LogP contribution in [0.1, 0.15) is 38.7 Å². The molecule has 0 radical (unpaired) electrons. The van der Waals surface area contributed by atoms with Crippen molar-refractivity contribution in [1.82, 2.24) is 0 Å². The molecule has 0 bridgehead atoms. The summed E-state index contributed by atoms with van der Waals surface area (Å²) in [4.78, 5) is 2.22. The number of hydrogen-bond acceptors (Lipinski definition) is 3. The molecule has 0 aromatic heterocycles. The van der Waals surface area contributed by atoms with E-state index < -0.39 is 0 Å². The minimum absolute atomic E-state index is 0.00193. The lowest BCUT2D eigenvalue weighted by atomic mass is 10.0. The molecule has 0 amide bonds. The summed E-state index contributed by atoms with van der Waals surface area (Å²) in [6.45, 7) is 6.66. The van der Waals surface area contributed by atoms with Crippen LogP contribution in [0.3, 0.4) is 0 Å². The third-order valence-electron chi connectivity index (χ3n) is 4.26. The summed E-state index contributed by atoms with van der Waals surface area (Å²) in [5.74, 6) is -0.151. The van der Waals surface area contributed by atoms with Gasteiger partial charge in [0, 0.05) is 37.0 Å². The molecular formula is C17H27FN2O. The topological polar surface area (TPSA) is 38.5 Å². The Labute approximate surface area is 127 Å².